The molecule has 0 aliphatic carbocycles. The fourth-order valence-corrected chi connectivity index (χ4v) is 4.66. The van der Waals surface area contributed by atoms with Crippen LogP contribution in [0.3, 0.4) is 0 Å². The summed E-state index contributed by atoms with van der Waals surface area (Å²) in [6.07, 6.45) is 11.0. The number of allylic oxidation sites excluding steroid dienone is 1. The van der Waals surface area contributed by atoms with Crippen LogP contribution in [0, 0.1) is 0 Å². The molecule has 36 heavy (non-hydrogen) atoms. The van der Waals surface area contributed by atoms with Crippen molar-refractivity contribution < 1.29 is 19.5 Å². The molecule has 0 heterocycles. The summed E-state index contributed by atoms with van der Waals surface area (Å²) in [7, 11) is 0. The number of aliphatic hydroxyl groups is 1. The number of ketones is 2. The number of rotatable bonds is 24. The summed E-state index contributed by atoms with van der Waals surface area (Å²) in [5.41, 5.74) is 0.378. The fourth-order valence-electron chi connectivity index (χ4n) is 4.66. The Bertz CT molecular complexity index is 624. The van der Waals surface area contributed by atoms with E-state index in [0.717, 1.165) is 83.1 Å². The van der Waals surface area contributed by atoms with Gasteiger partial charge in [0.25, 0.3) is 0 Å². The summed E-state index contributed by atoms with van der Waals surface area (Å²) in [6.45, 7) is 20.7. The van der Waals surface area contributed by atoms with Crippen LogP contribution in [0.1, 0.15) is 132 Å². The van der Waals surface area contributed by atoms with Crippen molar-refractivity contribution in [3.63, 3.8) is 0 Å². The summed E-state index contributed by atoms with van der Waals surface area (Å²) in [5, 5.41) is 12.8. The van der Waals surface area contributed by atoms with Crippen LogP contribution in [-0.4, -0.2) is 64.0 Å². The van der Waals surface area contributed by atoms with E-state index in [-0.39, 0.29) is 23.7 Å². The molecular weight excluding hydrogens is 452 g/mol. The number of hydroxylamine groups is 2. The Morgan fingerprint density at radius 1 is 0.917 bits per heavy atom. The summed E-state index contributed by atoms with van der Waals surface area (Å²) in [6, 6.07) is -0.154. The minimum atomic E-state index is -0.753. The lowest BCUT2D eigenvalue weighted by atomic mass is 9.89. The molecule has 3 atom stereocenters. The van der Waals surface area contributed by atoms with E-state index < -0.39 is 5.60 Å². The molecule has 1 N–H and O–H groups in total. The lowest BCUT2D eigenvalue weighted by Crippen LogP contribution is -2.43. The largest absolute Gasteiger partial charge is 0.390 e. The van der Waals surface area contributed by atoms with Crippen LogP contribution in [-0.2, 0) is 14.4 Å². The van der Waals surface area contributed by atoms with Gasteiger partial charge in [0.05, 0.1) is 17.7 Å². The number of carbonyl (C=O) groups excluding carboxylic acids is 2. The number of carbonyl (C=O) groups is 2. The van der Waals surface area contributed by atoms with E-state index in [2.05, 4.69) is 39.2 Å². The smallest absolute Gasteiger partial charge is 0.149 e. The molecule has 0 aliphatic heterocycles. The minimum absolute atomic E-state index is 0.101. The molecule has 0 radical (unpaired) electrons. The molecule has 0 aromatic rings. The molecule has 0 aromatic carbocycles. The van der Waals surface area contributed by atoms with Gasteiger partial charge in [0.2, 0.25) is 0 Å². The standard InChI is InChI=1S/C30H58N2O4/c1-9-14-24-32(29(17-10-2)27(8)34)36-28(11-3)19-15-18-25(6)31(13-5)23-16-21-30(35,12-4)22-20-26(7)33/h28-29,35H,6,9-24H2,1-5,7-8H3. The lowest BCUT2D eigenvalue weighted by Gasteiger charge is -2.33. The molecule has 0 aromatic heterocycles. The van der Waals surface area contributed by atoms with Gasteiger partial charge in [-0.05, 0) is 85.0 Å². The zero-order valence-corrected chi connectivity index (χ0v) is 24.7. The highest BCUT2D eigenvalue weighted by Gasteiger charge is 2.26. The highest BCUT2D eigenvalue weighted by Crippen LogP contribution is 2.25. The van der Waals surface area contributed by atoms with Crippen LogP contribution in [0.2, 0.25) is 0 Å². The van der Waals surface area contributed by atoms with Gasteiger partial charge >= 0.3 is 0 Å². The van der Waals surface area contributed by atoms with Crippen molar-refractivity contribution in [2.75, 3.05) is 19.6 Å². The molecule has 6 heteroatoms. The summed E-state index contributed by atoms with van der Waals surface area (Å²) in [5.74, 6) is 0.321. The first kappa shape index (κ1) is 34.8. The van der Waals surface area contributed by atoms with Gasteiger partial charge < -0.3 is 14.8 Å². The van der Waals surface area contributed by atoms with Crippen LogP contribution in [0.5, 0.6) is 0 Å². The number of hydrogen-bond acceptors (Lipinski definition) is 6. The third-order valence-electron chi connectivity index (χ3n) is 7.34. The van der Waals surface area contributed by atoms with E-state index in [1.807, 2.05) is 12.0 Å². The second-order valence-electron chi connectivity index (χ2n) is 10.5. The van der Waals surface area contributed by atoms with Crippen LogP contribution in [0.4, 0.5) is 0 Å². The molecule has 0 saturated carbocycles. The SMILES string of the molecule is C=C(CCCC(CC)ON(CCCC)C(CCC)C(C)=O)N(CC)CCCC(O)(CC)CCC(C)=O. The predicted octanol–water partition coefficient (Wildman–Crippen LogP) is 6.85. The molecular formula is C30H58N2O4. The monoisotopic (exact) mass is 510 g/mol. The van der Waals surface area contributed by atoms with Gasteiger partial charge in [-0.25, -0.2) is 0 Å². The van der Waals surface area contributed by atoms with Gasteiger partial charge in [-0.15, -0.1) is 0 Å². The summed E-state index contributed by atoms with van der Waals surface area (Å²) < 4.78 is 0. The Morgan fingerprint density at radius 2 is 1.61 bits per heavy atom. The molecule has 6 nitrogen and oxygen atoms in total. The van der Waals surface area contributed by atoms with Gasteiger partial charge in [0, 0.05) is 31.8 Å². The topological polar surface area (TPSA) is 70.1 Å². The molecule has 0 amide bonds. The van der Waals surface area contributed by atoms with Crippen LogP contribution in [0.15, 0.2) is 12.3 Å². The van der Waals surface area contributed by atoms with Crippen molar-refractivity contribution in [2.24, 2.45) is 0 Å². The Morgan fingerprint density at radius 3 is 2.11 bits per heavy atom. The Hall–Kier alpha value is -1.24. The van der Waals surface area contributed by atoms with Gasteiger partial charge in [-0.1, -0.05) is 47.1 Å². The predicted molar refractivity (Wildman–Crippen MR) is 151 cm³/mol. The van der Waals surface area contributed by atoms with Gasteiger partial charge in [-0.2, -0.15) is 5.06 Å². The lowest BCUT2D eigenvalue weighted by molar-refractivity contribution is -0.223. The third-order valence-corrected chi connectivity index (χ3v) is 7.34. The van der Waals surface area contributed by atoms with Gasteiger partial charge in [0.1, 0.15) is 11.6 Å². The zero-order chi connectivity index (χ0) is 27.6. The first-order valence-electron chi connectivity index (χ1n) is 14.7. The van der Waals surface area contributed by atoms with Crippen molar-refractivity contribution in [3.05, 3.63) is 12.3 Å². The normalized spacial score (nSPS) is 14.9. The molecule has 0 fully saturated rings. The van der Waals surface area contributed by atoms with E-state index in [9.17, 15) is 14.7 Å². The van der Waals surface area contributed by atoms with Gasteiger partial charge in [-0.3, -0.25) is 9.63 Å². The van der Waals surface area contributed by atoms with Crippen molar-refractivity contribution in [1.82, 2.24) is 9.96 Å². The highest BCUT2D eigenvalue weighted by molar-refractivity contribution is 5.81. The maximum atomic E-state index is 12.3. The molecule has 212 valence electrons. The van der Waals surface area contributed by atoms with E-state index >= 15 is 0 Å². The fraction of sp³-hybridized carbons (Fsp3) is 0.867. The maximum absolute atomic E-state index is 12.3. The van der Waals surface area contributed by atoms with Gasteiger partial charge in [0.15, 0.2) is 0 Å². The first-order valence-corrected chi connectivity index (χ1v) is 14.7. The zero-order valence-electron chi connectivity index (χ0n) is 24.7. The van der Waals surface area contributed by atoms with Crippen molar-refractivity contribution in [1.29, 1.82) is 0 Å². The number of nitrogens with zero attached hydrogens (tertiary/aromatic N) is 2. The Kier molecular flexibility index (Phi) is 19.1. The second-order valence-corrected chi connectivity index (χ2v) is 10.5. The number of hydrogen-bond donors (Lipinski definition) is 1. The highest BCUT2D eigenvalue weighted by atomic mass is 16.7. The first-order chi connectivity index (χ1) is 17.1. The van der Waals surface area contributed by atoms with Crippen LogP contribution in [0.25, 0.3) is 0 Å². The third kappa shape index (κ3) is 14.5. The molecule has 0 aliphatic rings. The summed E-state index contributed by atoms with van der Waals surface area (Å²) in [4.78, 5) is 32.3. The average molecular weight is 511 g/mol. The Labute approximate surface area is 222 Å². The molecule has 0 bridgehead atoms. The quantitative estimate of drug-likeness (QED) is 0.143. The van der Waals surface area contributed by atoms with E-state index in [1.165, 1.54) is 0 Å². The maximum Gasteiger partial charge on any atom is 0.149 e. The summed E-state index contributed by atoms with van der Waals surface area (Å²) >= 11 is 0. The number of unbranched alkanes of at least 4 members (excludes halogenated alkanes) is 1. The van der Waals surface area contributed by atoms with Crippen molar-refractivity contribution >= 4 is 11.6 Å². The van der Waals surface area contributed by atoms with Crippen LogP contribution < -0.4 is 0 Å². The van der Waals surface area contributed by atoms with E-state index in [4.69, 9.17) is 4.84 Å². The minimum Gasteiger partial charge on any atom is -0.390 e. The molecule has 0 saturated heterocycles. The number of Topliss-reactive ketones (excluding diaryl/α,β-unsaturated/α-hetero) is 2. The van der Waals surface area contributed by atoms with E-state index in [1.54, 1.807) is 13.8 Å². The van der Waals surface area contributed by atoms with Crippen molar-refractivity contribution in [3.8, 4) is 0 Å². The molecule has 0 spiro atoms. The van der Waals surface area contributed by atoms with E-state index in [0.29, 0.717) is 25.7 Å². The second kappa shape index (κ2) is 19.8. The Balaban J connectivity index is 4.78. The molecule has 3 unspecified atom stereocenters. The average Bonchev–Trinajstić information content (AvgIpc) is 2.85. The van der Waals surface area contributed by atoms with Crippen molar-refractivity contribution in [2.45, 2.75) is 150 Å². The molecule has 0 rings (SSSR count). The van der Waals surface area contributed by atoms with Crippen LogP contribution >= 0.6 is 0 Å².